The topological polar surface area (TPSA) is 55.1 Å². The number of halogens is 3. The lowest BCUT2D eigenvalue weighted by Gasteiger charge is -2.11. The van der Waals surface area contributed by atoms with Crippen LogP contribution in [0.4, 0.5) is 18.9 Å². The number of amides is 1. The summed E-state index contributed by atoms with van der Waals surface area (Å²) in [4.78, 5) is 12.8. The molecule has 1 heterocycles. The van der Waals surface area contributed by atoms with E-state index in [1.165, 1.54) is 12.1 Å². The molecular formula is C20H17F3N2O2. The molecule has 0 bridgehead atoms. The molecule has 0 unspecified atom stereocenters. The quantitative estimate of drug-likeness (QED) is 0.655. The van der Waals surface area contributed by atoms with Gasteiger partial charge in [0, 0.05) is 11.3 Å². The van der Waals surface area contributed by atoms with Gasteiger partial charge in [-0.25, -0.2) is 0 Å². The minimum absolute atomic E-state index is 0.0443. The Kier molecular flexibility index (Phi) is 4.78. The molecule has 0 saturated heterocycles. The lowest BCUT2D eigenvalue weighted by molar-refractivity contribution is -0.137. The lowest BCUT2D eigenvalue weighted by Crippen LogP contribution is -2.15. The van der Waals surface area contributed by atoms with Crippen molar-refractivity contribution >= 4 is 11.6 Å². The summed E-state index contributed by atoms with van der Waals surface area (Å²) in [6.07, 6.45) is -4.49. The highest BCUT2D eigenvalue weighted by Crippen LogP contribution is 2.33. The van der Waals surface area contributed by atoms with E-state index >= 15 is 0 Å². The largest absolute Gasteiger partial charge is 0.416 e. The van der Waals surface area contributed by atoms with Gasteiger partial charge in [-0.05, 0) is 50.1 Å². The van der Waals surface area contributed by atoms with Crippen LogP contribution in [0.2, 0.25) is 0 Å². The minimum atomic E-state index is -4.49. The molecule has 0 aliphatic heterocycles. The third-order valence-corrected chi connectivity index (χ3v) is 4.26. The van der Waals surface area contributed by atoms with Gasteiger partial charge >= 0.3 is 6.18 Å². The van der Waals surface area contributed by atoms with Crippen LogP contribution in [-0.4, -0.2) is 11.1 Å². The maximum Gasteiger partial charge on any atom is 0.416 e. The fourth-order valence-electron chi connectivity index (χ4n) is 2.97. The van der Waals surface area contributed by atoms with E-state index in [0.29, 0.717) is 5.69 Å². The number of hydrogen-bond acceptors (Lipinski definition) is 3. The van der Waals surface area contributed by atoms with Crippen LogP contribution in [0.3, 0.4) is 0 Å². The van der Waals surface area contributed by atoms with Crippen molar-refractivity contribution in [1.29, 1.82) is 0 Å². The predicted molar refractivity (Wildman–Crippen MR) is 95.5 cm³/mol. The molecule has 140 valence electrons. The standard InChI is InChI=1S/C20H17F3N2O2/c1-11-6-4-7-12(2)16(11)18-17(13(3)27-25-18)19(26)24-15-9-5-8-14(10-15)20(21,22)23/h4-10H,1-3H3,(H,24,26). The van der Waals surface area contributed by atoms with Crippen molar-refractivity contribution in [2.24, 2.45) is 0 Å². The van der Waals surface area contributed by atoms with Crippen LogP contribution in [0.25, 0.3) is 11.3 Å². The molecule has 1 N–H and O–H groups in total. The number of alkyl halides is 3. The van der Waals surface area contributed by atoms with Crippen molar-refractivity contribution in [2.45, 2.75) is 26.9 Å². The van der Waals surface area contributed by atoms with Crippen molar-refractivity contribution in [3.8, 4) is 11.3 Å². The Bertz CT molecular complexity index is 986. The Morgan fingerprint density at radius 3 is 2.30 bits per heavy atom. The highest BCUT2D eigenvalue weighted by atomic mass is 19.4. The molecule has 0 aliphatic rings. The summed E-state index contributed by atoms with van der Waals surface area (Å²) in [5.74, 6) is -0.289. The van der Waals surface area contributed by atoms with Crippen molar-refractivity contribution in [3.63, 3.8) is 0 Å². The van der Waals surface area contributed by atoms with Gasteiger partial charge in [-0.1, -0.05) is 29.4 Å². The second-order valence-corrected chi connectivity index (χ2v) is 6.26. The van der Waals surface area contributed by atoms with Gasteiger partial charge in [0.15, 0.2) is 0 Å². The summed E-state index contributed by atoms with van der Waals surface area (Å²) in [5.41, 5.74) is 2.37. The summed E-state index contributed by atoms with van der Waals surface area (Å²) in [7, 11) is 0. The van der Waals surface area contributed by atoms with Gasteiger partial charge in [0.25, 0.3) is 5.91 Å². The van der Waals surface area contributed by atoms with E-state index in [-0.39, 0.29) is 17.0 Å². The van der Waals surface area contributed by atoms with Gasteiger partial charge in [-0.2, -0.15) is 13.2 Å². The summed E-state index contributed by atoms with van der Waals surface area (Å²) in [5, 5.41) is 6.52. The third-order valence-electron chi connectivity index (χ3n) is 4.26. The number of aromatic nitrogens is 1. The van der Waals surface area contributed by atoms with Gasteiger partial charge in [0.2, 0.25) is 0 Å². The van der Waals surface area contributed by atoms with Crippen LogP contribution in [0.15, 0.2) is 47.0 Å². The van der Waals surface area contributed by atoms with Gasteiger partial charge in [0.1, 0.15) is 17.0 Å². The van der Waals surface area contributed by atoms with Crippen LogP contribution < -0.4 is 5.32 Å². The van der Waals surface area contributed by atoms with Crippen molar-refractivity contribution < 1.29 is 22.5 Å². The first-order valence-corrected chi connectivity index (χ1v) is 8.20. The first-order chi connectivity index (χ1) is 12.7. The minimum Gasteiger partial charge on any atom is -0.360 e. The van der Waals surface area contributed by atoms with E-state index in [9.17, 15) is 18.0 Å². The molecule has 0 fully saturated rings. The molecule has 3 rings (SSSR count). The molecule has 0 saturated carbocycles. The highest BCUT2D eigenvalue weighted by molar-refractivity contribution is 6.09. The van der Waals surface area contributed by atoms with E-state index in [4.69, 9.17) is 4.52 Å². The average molecular weight is 374 g/mol. The molecule has 3 aromatic rings. The molecule has 1 amide bonds. The SMILES string of the molecule is Cc1cccc(C)c1-c1noc(C)c1C(=O)Nc1cccc(C(F)(F)F)c1. The zero-order valence-corrected chi connectivity index (χ0v) is 14.9. The van der Waals surface area contributed by atoms with Crippen molar-refractivity contribution in [1.82, 2.24) is 5.16 Å². The summed E-state index contributed by atoms with van der Waals surface area (Å²) >= 11 is 0. The molecule has 27 heavy (non-hydrogen) atoms. The van der Waals surface area contributed by atoms with Crippen molar-refractivity contribution in [3.05, 3.63) is 70.5 Å². The Balaban J connectivity index is 1.99. The Labute approximate surface area is 154 Å². The number of anilines is 1. The van der Waals surface area contributed by atoms with Crippen LogP contribution >= 0.6 is 0 Å². The van der Waals surface area contributed by atoms with E-state index in [2.05, 4.69) is 10.5 Å². The molecule has 4 nitrogen and oxygen atoms in total. The molecule has 0 radical (unpaired) electrons. The van der Waals surface area contributed by atoms with Crippen LogP contribution in [0, 0.1) is 20.8 Å². The maximum absolute atomic E-state index is 12.9. The smallest absolute Gasteiger partial charge is 0.360 e. The monoisotopic (exact) mass is 374 g/mol. The predicted octanol–water partition coefficient (Wildman–Crippen LogP) is 5.54. The number of benzene rings is 2. The first kappa shape index (κ1) is 18.7. The van der Waals surface area contributed by atoms with E-state index in [1.807, 2.05) is 32.0 Å². The molecule has 2 aromatic carbocycles. The van der Waals surface area contributed by atoms with Crippen LogP contribution in [0.5, 0.6) is 0 Å². The zero-order chi connectivity index (χ0) is 19.8. The van der Waals surface area contributed by atoms with Gasteiger partial charge < -0.3 is 9.84 Å². The van der Waals surface area contributed by atoms with E-state index < -0.39 is 17.6 Å². The van der Waals surface area contributed by atoms with E-state index in [1.54, 1.807) is 6.92 Å². The number of carbonyl (C=O) groups excluding carboxylic acids is 1. The van der Waals surface area contributed by atoms with Gasteiger partial charge in [-0.15, -0.1) is 0 Å². The Morgan fingerprint density at radius 2 is 1.67 bits per heavy atom. The van der Waals surface area contributed by atoms with Crippen LogP contribution in [-0.2, 0) is 6.18 Å². The number of aryl methyl sites for hydroxylation is 3. The zero-order valence-electron chi connectivity index (χ0n) is 14.9. The second-order valence-electron chi connectivity index (χ2n) is 6.26. The average Bonchev–Trinajstić information content (AvgIpc) is 2.95. The molecule has 0 spiro atoms. The maximum atomic E-state index is 12.9. The normalized spacial score (nSPS) is 11.5. The third kappa shape index (κ3) is 3.72. The fourth-order valence-corrected chi connectivity index (χ4v) is 2.97. The molecular weight excluding hydrogens is 357 g/mol. The molecule has 1 aromatic heterocycles. The first-order valence-electron chi connectivity index (χ1n) is 8.20. The number of hydrogen-bond donors (Lipinski definition) is 1. The van der Waals surface area contributed by atoms with E-state index in [0.717, 1.165) is 28.8 Å². The van der Waals surface area contributed by atoms with Crippen molar-refractivity contribution in [2.75, 3.05) is 5.32 Å². The lowest BCUT2D eigenvalue weighted by atomic mass is 9.96. The number of rotatable bonds is 3. The Hall–Kier alpha value is -3.09. The number of nitrogens with zero attached hydrogens (tertiary/aromatic N) is 1. The fraction of sp³-hybridized carbons (Fsp3) is 0.200. The Morgan fingerprint density at radius 1 is 1.04 bits per heavy atom. The van der Waals surface area contributed by atoms with Gasteiger partial charge in [-0.3, -0.25) is 4.79 Å². The highest BCUT2D eigenvalue weighted by Gasteiger charge is 2.31. The second kappa shape index (κ2) is 6.90. The number of nitrogens with one attached hydrogen (secondary N) is 1. The number of carbonyl (C=O) groups is 1. The van der Waals surface area contributed by atoms with Crippen LogP contribution in [0.1, 0.15) is 32.8 Å². The van der Waals surface area contributed by atoms with Gasteiger partial charge in [0.05, 0.1) is 5.56 Å². The molecule has 0 atom stereocenters. The molecule has 7 heteroatoms. The summed E-state index contributed by atoms with van der Waals surface area (Å²) in [6.45, 7) is 5.37. The summed E-state index contributed by atoms with van der Waals surface area (Å²) in [6, 6.07) is 10.1. The summed E-state index contributed by atoms with van der Waals surface area (Å²) < 4.78 is 43.8. The molecule has 0 aliphatic carbocycles.